The number of aromatic amines is 1. The molecule has 1 saturated heterocycles. The number of likely N-dealkylation sites (tertiary alicyclic amines) is 1. The molecule has 166 valence electrons. The minimum absolute atomic E-state index is 0.171. The number of ether oxygens (including phenoxy) is 2. The van der Waals surface area contributed by atoms with E-state index in [2.05, 4.69) is 14.6 Å². The summed E-state index contributed by atoms with van der Waals surface area (Å²) in [6, 6.07) is 4.34. The summed E-state index contributed by atoms with van der Waals surface area (Å²) >= 11 is 0. The van der Waals surface area contributed by atoms with Crippen molar-refractivity contribution in [2.45, 2.75) is 76.5 Å². The summed E-state index contributed by atoms with van der Waals surface area (Å²) in [5.74, 6) is -0.317. The summed E-state index contributed by atoms with van der Waals surface area (Å²) < 4.78 is 49.5. The van der Waals surface area contributed by atoms with E-state index in [9.17, 15) is 18.0 Å². The number of hydrogen-bond acceptors (Lipinski definition) is 4. The van der Waals surface area contributed by atoms with Gasteiger partial charge in [-0.25, -0.2) is 4.79 Å². The fourth-order valence-electron chi connectivity index (χ4n) is 5.01. The first kappa shape index (κ1) is 21.2. The maximum Gasteiger partial charge on any atom is 0.573 e. The fourth-order valence-corrected chi connectivity index (χ4v) is 5.01. The highest BCUT2D eigenvalue weighted by Crippen LogP contribution is 2.36. The Kier molecular flexibility index (Phi) is 6.11. The van der Waals surface area contributed by atoms with Crippen LogP contribution >= 0.6 is 0 Å². The molecule has 0 amide bonds. The highest BCUT2D eigenvalue weighted by molar-refractivity contribution is 5.77. The third-order valence-electron chi connectivity index (χ3n) is 6.25. The van der Waals surface area contributed by atoms with E-state index in [1.165, 1.54) is 18.2 Å². The Bertz CT molecular complexity index is 916. The summed E-state index contributed by atoms with van der Waals surface area (Å²) in [7, 11) is 0. The molecule has 1 aliphatic carbocycles. The van der Waals surface area contributed by atoms with E-state index in [0.29, 0.717) is 29.8 Å². The molecule has 2 aliphatic rings. The van der Waals surface area contributed by atoms with Crippen LogP contribution in [0.5, 0.6) is 5.75 Å². The van der Waals surface area contributed by atoms with Crippen molar-refractivity contribution in [1.29, 1.82) is 0 Å². The Hall–Kier alpha value is -2.00. The second kappa shape index (κ2) is 8.63. The number of halogens is 3. The zero-order valence-electron chi connectivity index (χ0n) is 17.1. The third-order valence-corrected chi connectivity index (χ3v) is 6.25. The summed E-state index contributed by atoms with van der Waals surface area (Å²) in [4.78, 5) is 18.0. The molecule has 0 bridgehead atoms. The molecule has 1 N–H and O–H groups in total. The summed E-state index contributed by atoms with van der Waals surface area (Å²) in [6.45, 7) is 3.61. The smallest absolute Gasteiger partial charge is 0.406 e. The highest BCUT2D eigenvalue weighted by atomic mass is 19.4. The van der Waals surface area contributed by atoms with Gasteiger partial charge in [-0.15, -0.1) is 13.2 Å². The zero-order valence-corrected chi connectivity index (χ0v) is 17.1. The molecule has 6 nitrogen and oxygen atoms in total. The van der Waals surface area contributed by atoms with E-state index in [4.69, 9.17) is 4.74 Å². The molecule has 1 aliphatic heterocycles. The van der Waals surface area contributed by atoms with Crippen LogP contribution in [0.4, 0.5) is 13.2 Å². The van der Waals surface area contributed by atoms with Crippen molar-refractivity contribution < 1.29 is 22.6 Å². The highest BCUT2D eigenvalue weighted by Gasteiger charge is 2.35. The maximum atomic E-state index is 12.8. The van der Waals surface area contributed by atoms with Gasteiger partial charge in [0.15, 0.2) is 0 Å². The van der Waals surface area contributed by atoms with Gasteiger partial charge in [-0.3, -0.25) is 9.47 Å². The molecule has 1 saturated carbocycles. The molecule has 0 radical (unpaired) electrons. The maximum absolute atomic E-state index is 12.8. The van der Waals surface area contributed by atoms with Gasteiger partial charge in [0.1, 0.15) is 5.75 Å². The number of nitrogens with one attached hydrogen (secondary N) is 1. The normalized spacial score (nSPS) is 26.2. The van der Waals surface area contributed by atoms with Gasteiger partial charge in [0, 0.05) is 25.3 Å². The molecule has 1 atom stereocenters. The minimum atomic E-state index is -4.77. The first-order chi connectivity index (χ1) is 14.4. The predicted octanol–water partition coefficient (Wildman–Crippen LogP) is 4.56. The standard InChI is InChI=1S/C21H28F3N3O3/c1-2-29-15-8-6-14(7-9-15)26-12-4-3-5-19(26)27-18-13-16(30-21(22,23)24)10-11-17(18)25-20(27)28/h10-11,13-15,19H,2-9,12H2,1H3,(H,25,28). The van der Waals surface area contributed by atoms with Gasteiger partial charge in [0.2, 0.25) is 0 Å². The van der Waals surface area contributed by atoms with Crippen molar-refractivity contribution in [3.63, 3.8) is 0 Å². The number of nitrogens with zero attached hydrogens (tertiary/aromatic N) is 2. The summed E-state index contributed by atoms with van der Waals surface area (Å²) in [6.07, 6.45) is 2.17. The van der Waals surface area contributed by atoms with Crippen molar-refractivity contribution in [1.82, 2.24) is 14.5 Å². The van der Waals surface area contributed by atoms with Crippen LogP contribution < -0.4 is 10.4 Å². The molecular formula is C21H28F3N3O3. The molecule has 2 aromatic rings. The van der Waals surface area contributed by atoms with E-state index in [0.717, 1.165) is 51.5 Å². The van der Waals surface area contributed by atoms with Crippen LogP contribution in [0.2, 0.25) is 0 Å². The molecule has 1 aromatic heterocycles. The Balaban J connectivity index is 1.63. The second-order valence-electron chi connectivity index (χ2n) is 8.13. The Morgan fingerprint density at radius 1 is 1.13 bits per heavy atom. The topological polar surface area (TPSA) is 59.5 Å². The predicted molar refractivity (Wildman–Crippen MR) is 107 cm³/mol. The van der Waals surface area contributed by atoms with Crippen molar-refractivity contribution in [3.8, 4) is 5.75 Å². The van der Waals surface area contributed by atoms with Crippen molar-refractivity contribution >= 4 is 11.0 Å². The Morgan fingerprint density at radius 3 is 2.60 bits per heavy atom. The van der Waals surface area contributed by atoms with E-state index in [1.54, 1.807) is 4.57 Å². The Morgan fingerprint density at radius 2 is 1.90 bits per heavy atom. The monoisotopic (exact) mass is 427 g/mol. The number of H-pyrrole nitrogens is 1. The molecule has 4 rings (SSSR count). The van der Waals surface area contributed by atoms with Crippen LogP contribution in [0.15, 0.2) is 23.0 Å². The number of benzene rings is 1. The van der Waals surface area contributed by atoms with Crippen LogP contribution in [-0.2, 0) is 4.74 Å². The largest absolute Gasteiger partial charge is 0.573 e. The van der Waals surface area contributed by atoms with Crippen molar-refractivity contribution in [2.24, 2.45) is 0 Å². The SMILES string of the molecule is CCOC1CCC(N2CCCCC2n2c(=O)[nH]c3ccc(OC(F)(F)F)cc32)CC1. The summed E-state index contributed by atoms with van der Waals surface area (Å²) in [5.41, 5.74) is 0.663. The number of fused-ring (bicyclic) bond motifs is 1. The first-order valence-corrected chi connectivity index (χ1v) is 10.7. The molecule has 2 heterocycles. The fraction of sp³-hybridized carbons (Fsp3) is 0.667. The Labute approximate surface area is 172 Å². The van der Waals surface area contributed by atoms with E-state index in [1.807, 2.05) is 6.92 Å². The van der Waals surface area contributed by atoms with E-state index >= 15 is 0 Å². The molecule has 9 heteroatoms. The lowest BCUT2D eigenvalue weighted by molar-refractivity contribution is -0.274. The molecular weight excluding hydrogens is 399 g/mol. The number of rotatable bonds is 5. The van der Waals surface area contributed by atoms with Crippen molar-refractivity contribution in [2.75, 3.05) is 13.2 Å². The molecule has 1 unspecified atom stereocenters. The van der Waals surface area contributed by atoms with Gasteiger partial charge < -0.3 is 14.5 Å². The third kappa shape index (κ3) is 4.51. The van der Waals surface area contributed by atoms with Crippen LogP contribution in [-0.4, -0.2) is 46.1 Å². The van der Waals surface area contributed by atoms with Crippen LogP contribution in [0.3, 0.4) is 0 Å². The summed E-state index contributed by atoms with van der Waals surface area (Å²) in [5, 5.41) is 0. The van der Waals surface area contributed by atoms with Gasteiger partial charge >= 0.3 is 12.1 Å². The lowest BCUT2D eigenvalue weighted by Gasteiger charge is -2.44. The number of imidazole rings is 1. The molecule has 2 fully saturated rings. The number of alkyl halides is 3. The van der Waals surface area contributed by atoms with Crippen LogP contribution in [0.1, 0.15) is 58.0 Å². The minimum Gasteiger partial charge on any atom is -0.406 e. The van der Waals surface area contributed by atoms with Gasteiger partial charge in [-0.2, -0.15) is 0 Å². The van der Waals surface area contributed by atoms with E-state index < -0.39 is 6.36 Å². The lowest BCUT2D eigenvalue weighted by atomic mass is 9.90. The number of piperidine rings is 1. The number of aromatic nitrogens is 2. The van der Waals surface area contributed by atoms with Crippen molar-refractivity contribution in [3.05, 3.63) is 28.7 Å². The average Bonchev–Trinajstić information content (AvgIpc) is 3.02. The second-order valence-corrected chi connectivity index (χ2v) is 8.13. The quantitative estimate of drug-likeness (QED) is 0.760. The van der Waals surface area contributed by atoms with Gasteiger partial charge in [-0.05, 0) is 64.0 Å². The first-order valence-electron chi connectivity index (χ1n) is 10.7. The molecule has 0 spiro atoms. The van der Waals surface area contributed by atoms with Gasteiger partial charge in [0.05, 0.1) is 23.3 Å². The average molecular weight is 427 g/mol. The number of hydrogen-bond donors (Lipinski definition) is 1. The van der Waals surface area contributed by atoms with Gasteiger partial charge in [-0.1, -0.05) is 0 Å². The van der Waals surface area contributed by atoms with E-state index in [-0.39, 0.29) is 17.6 Å². The lowest BCUT2D eigenvalue weighted by Crippen LogP contribution is -2.47. The molecule has 1 aromatic carbocycles. The van der Waals surface area contributed by atoms with Crippen LogP contribution in [0, 0.1) is 0 Å². The zero-order chi connectivity index (χ0) is 21.3. The van der Waals surface area contributed by atoms with Gasteiger partial charge in [0.25, 0.3) is 0 Å². The molecule has 30 heavy (non-hydrogen) atoms. The van der Waals surface area contributed by atoms with Crippen LogP contribution in [0.25, 0.3) is 11.0 Å².